The Morgan fingerprint density at radius 1 is 1.62 bits per heavy atom. The fourth-order valence-electron chi connectivity index (χ4n) is 0.921. The van der Waals surface area contributed by atoms with Gasteiger partial charge in [-0.15, -0.1) is 0 Å². The van der Waals surface area contributed by atoms with E-state index in [1.54, 1.807) is 0 Å². The summed E-state index contributed by atoms with van der Waals surface area (Å²) < 4.78 is 0. The van der Waals surface area contributed by atoms with Gasteiger partial charge in [0.2, 0.25) is 5.91 Å². The van der Waals surface area contributed by atoms with Gasteiger partial charge >= 0.3 is 11.7 Å². The third kappa shape index (κ3) is 3.50. The van der Waals surface area contributed by atoms with Crippen LogP contribution in [0.3, 0.4) is 0 Å². The summed E-state index contributed by atoms with van der Waals surface area (Å²) in [7, 11) is 0. The van der Waals surface area contributed by atoms with Crippen molar-refractivity contribution >= 4 is 17.7 Å². The van der Waals surface area contributed by atoms with E-state index >= 15 is 0 Å². The van der Waals surface area contributed by atoms with Gasteiger partial charge in [-0.1, -0.05) is 0 Å². The van der Waals surface area contributed by atoms with Crippen LogP contribution < -0.4 is 16.7 Å². The molecule has 1 aromatic rings. The summed E-state index contributed by atoms with van der Waals surface area (Å²) in [6.07, 6.45) is 0.923. The smallest absolute Gasteiger partial charge is 0.346 e. The molecule has 0 fully saturated rings. The first-order valence-electron chi connectivity index (χ1n) is 4.33. The summed E-state index contributed by atoms with van der Waals surface area (Å²) in [6.45, 7) is 0. The molecule has 0 unspecified atom stereocenters. The zero-order valence-electron chi connectivity index (χ0n) is 8.14. The molecule has 0 aromatic carbocycles. The van der Waals surface area contributed by atoms with Gasteiger partial charge in [-0.2, -0.15) is 4.98 Å². The summed E-state index contributed by atoms with van der Waals surface area (Å²) in [5, 5.41) is 10.7. The van der Waals surface area contributed by atoms with Crippen molar-refractivity contribution < 1.29 is 14.7 Å². The number of nitrogens with two attached hydrogens (primary N) is 1. The number of nitrogens with one attached hydrogen (secondary N) is 2. The molecular weight excluding hydrogens is 216 g/mol. The molecule has 1 rings (SSSR count). The Morgan fingerprint density at radius 3 is 2.88 bits per heavy atom. The van der Waals surface area contributed by atoms with Gasteiger partial charge in [-0.3, -0.25) is 9.59 Å². The van der Waals surface area contributed by atoms with E-state index < -0.39 is 23.6 Å². The van der Waals surface area contributed by atoms with Crippen LogP contribution in [0.15, 0.2) is 17.1 Å². The third-order valence-corrected chi connectivity index (χ3v) is 1.66. The topological polar surface area (TPSA) is 138 Å². The molecule has 0 aliphatic rings. The van der Waals surface area contributed by atoms with Gasteiger partial charge in [0.1, 0.15) is 11.9 Å². The lowest BCUT2D eigenvalue weighted by molar-refractivity contribution is -0.140. The van der Waals surface area contributed by atoms with E-state index in [1.807, 2.05) is 0 Å². The minimum atomic E-state index is -1.28. The van der Waals surface area contributed by atoms with E-state index in [-0.39, 0.29) is 12.2 Å². The van der Waals surface area contributed by atoms with Crippen LogP contribution in [0.1, 0.15) is 6.42 Å². The zero-order chi connectivity index (χ0) is 12.1. The number of carbonyl (C=O) groups is 2. The number of aliphatic carboxylic acids is 1. The van der Waals surface area contributed by atoms with E-state index in [9.17, 15) is 14.4 Å². The highest BCUT2D eigenvalue weighted by atomic mass is 16.4. The molecule has 0 spiro atoms. The maximum atomic E-state index is 11.2. The van der Waals surface area contributed by atoms with Gasteiger partial charge in [0, 0.05) is 6.20 Å². The highest BCUT2D eigenvalue weighted by Crippen LogP contribution is 1.98. The Balaban J connectivity index is 2.58. The van der Waals surface area contributed by atoms with Gasteiger partial charge < -0.3 is 21.1 Å². The first-order chi connectivity index (χ1) is 7.49. The maximum absolute atomic E-state index is 11.2. The maximum Gasteiger partial charge on any atom is 0.346 e. The van der Waals surface area contributed by atoms with Crippen LogP contribution in [-0.4, -0.2) is 33.0 Å². The van der Waals surface area contributed by atoms with E-state index in [1.165, 1.54) is 12.3 Å². The van der Waals surface area contributed by atoms with Crippen molar-refractivity contribution in [2.24, 2.45) is 5.73 Å². The molecule has 1 aromatic heterocycles. The normalized spacial score (nSPS) is 11.8. The quantitative estimate of drug-likeness (QED) is 0.493. The zero-order valence-corrected chi connectivity index (χ0v) is 8.14. The van der Waals surface area contributed by atoms with Crippen molar-refractivity contribution in [2.45, 2.75) is 12.5 Å². The molecule has 0 saturated carbocycles. The Kier molecular flexibility index (Phi) is 3.72. The number of carbonyl (C=O) groups excluding carboxylic acids is 1. The minimum absolute atomic E-state index is 0.0475. The molecule has 0 radical (unpaired) electrons. The van der Waals surface area contributed by atoms with Crippen molar-refractivity contribution in [1.82, 2.24) is 9.97 Å². The monoisotopic (exact) mass is 226 g/mol. The number of amides is 1. The molecule has 0 saturated heterocycles. The van der Waals surface area contributed by atoms with Crippen LogP contribution in [0.5, 0.6) is 0 Å². The largest absolute Gasteiger partial charge is 0.480 e. The molecule has 16 heavy (non-hydrogen) atoms. The number of rotatable bonds is 4. The molecule has 86 valence electrons. The molecule has 0 aliphatic carbocycles. The van der Waals surface area contributed by atoms with Crippen LogP contribution in [-0.2, 0) is 9.59 Å². The van der Waals surface area contributed by atoms with E-state index in [4.69, 9.17) is 10.8 Å². The number of carboxylic acids is 1. The summed E-state index contributed by atoms with van der Waals surface area (Å²) in [5.74, 6) is -1.84. The van der Waals surface area contributed by atoms with Crippen molar-refractivity contribution in [1.29, 1.82) is 0 Å². The Morgan fingerprint density at radius 2 is 2.31 bits per heavy atom. The average Bonchev–Trinajstić information content (AvgIpc) is 2.16. The molecule has 0 bridgehead atoms. The number of carboxylic acid groups (broad SMARTS) is 1. The summed E-state index contributed by atoms with van der Waals surface area (Å²) in [6, 6.07) is 0.0907. The highest BCUT2D eigenvalue weighted by molar-refractivity contribution is 5.93. The number of aromatic nitrogens is 2. The van der Waals surface area contributed by atoms with Gasteiger partial charge in [0.05, 0.1) is 6.42 Å². The van der Waals surface area contributed by atoms with Crippen LogP contribution >= 0.6 is 0 Å². The summed E-state index contributed by atoms with van der Waals surface area (Å²) >= 11 is 0. The fraction of sp³-hybridized carbons (Fsp3) is 0.250. The highest BCUT2D eigenvalue weighted by Gasteiger charge is 2.16. The Labute approximate surface area is 89.5 Å². The van der Waals surface area contributed by atoms with Gasteiger partial charge in [-0.25, -0.2) is 4.79 Å². The number of nitrogens with zero attached hydrogens (tertiary/aromatic N) is 1. The van der Waals surface area contributed by atoms with Gasteiger partial charge in [0.15, 0.2) is 0 Å². The lowest BCUT2D eigenvalue weighted by atomic mass is 10.2. The summed E-state index contributed by atoms with van der Waals surface area (Å²) in [4.78, 5) is 38.1. The number of anilines is 1. The van der Waals surface area contributed by atoms with E-state index in [0.29, 0.717) is 0 Å². The summed E-state index contributed by atoms with van der Waals surface area (Å²) in [5.41, 5.74) is 4.54. The molecule has 8 nitrogen and oxygen atoms in total. The van der Waals surface area contributed by atoms with Crippen LogP contribution in [0.25, 0.3) is 0 Å². The number of aromatic amines is 1. The first-order valence-corrected chi connectivity index (χ1v) is 4.33. The number of hydrogen-bond donors (Lipinski definition) is 4. The van der Waals surface area contributed by atoms with Crippen molar-refractivity contribution in [2.75, 3.05) is 5.32 Å². The van der Waals surface area contributed by atoms with Crippen molar-refractivity contribution in [3.05, 3.63) is 22.7 Å². The predicted octanol–water partition coefficient (Wildman–Crippen LogP) is -1.49. The number of hydrogen-bond acceptors (Lipinski definition) is 5. The van der Waals surface area contributed by atoms with E-state index in [0.717, 1.165) is 0 Å². The minimum Gasteiger partial charge on any atom is -0.480 e. The molecule has 5 N–H and O–H groups in total. The van der Waals surface area contributed by atoms with Crippen LogP contribution in [0, 0.1) is 0 Å². The first kappa shape index (κ1) is 11.9. The second-order valence-electron chi connectivity index (χ2n) is 2.98. The molecular formula is C8H10N4O4. The molecule has 8 heteroatoms. The lowest BCUT2D eigenvalue weighted by Crippen LogP contribution is -2.34. The SMILES string of the molecule is N[C@@H](CC(=O)Nc1cc[nH]c(=O)n1)C(=O)O. The second-order valence-corrected chi connectivity index (χ2v) is 2.98. The Bertz CT molecular complexity index is 455. The Hall–Kier alpha value is -2.22. The van der Waals surface area contributed by atoms with Gasteiger partial charge in [-0.05, 0) is 6.07 Å². The molecule has 1 amide bonds. The predicted molar refractivity (Wildman–Crippen MR) is 53.7 cm³/mol. The van der Waals surface area contributed by atoms with Crippen LogP contribution in [0.2, 0.25) is 0 Å². The molecule has 1 atom stereocenters. The van der Waals surface area contributed by atoms with Crippen LogP contribution in [0.4, 0.5) is 5.82 Å². The standard InChI is InChI=1S/C8H10N4O4/c9-4(7(14)15)3-6(13)11-5-1-2-10-8(16)12-5/h1-2,4H,3,9H2,(H,14,15)(H2,10,11,12,13,16)/t4-/m0/s1. The van der Waals surface area contributed by atoms with Gasteiger partial charge in [0.25, 0.3) is 0 Å². The van der Waals surface area contributed by atoms with Crippen molar-refractivity contribution in [3.63, 3.8) is 0 Å². The molecule has 1 heterocycles. The number of H-pyrrole nitrogens is 1. The second kappa shape index (κ2) is 5.03. The van der Waals surface area contributed by atoms with Crippen molar-refractivity contribution in [3.8, 4) is 0 Å². The molecule has 0 aliphatic heterocycles. The van der Waals surface area contributed by atoms with E-state index in [2.05, 4.69) is 15.3 Å². The third-order valence-electron chi connectivity index (χ3n) is 1.66. The average molecular weight is 226 g/mol. The lowest BCUT2D eigenvalue weighted by Gasteiger charge is -2.06. The fourth-order valence-corrected chi connectivity index (χ4v) is 0.921.